The van der Waals surface area contributed by atoms with E-state index in [1.54, 1.807) is 0 Å². The second-order valence-electron chi connectivity index (χ2n) is 5.71. The third-order valence-electron chi connectivity index (χ3n) is 4.35. The lowest BCUT2D eigenvalue weighted by molar-refractivity contribution is -0.120. The first kappa shape index (κ1) is 12.7. The van der Waals surface area contributed by atoms with Crippen molar-refractivity contribution in [2.75, 3.05) is 11.9 Å². The molecule has 2 unspecified atom stereocenters. The van der Waals surface area contributed by atoms with Crippen LogP contribution < -0.4 is 5.32 Å². The lowest BCUT2D eigenvalue weighted by Crippen LogP contribution is -2.22. The number of carbonyl (C=O) groups excluding carboxylic acids is 1. The summed E-state index contributed by atoms with van der Waals surface area (Å²) in [5.41, 5.74) is 1.96. The molecule has 3 rings (SSSR count). The van der Waals surface area contributed by atoms with Crippen molar-refractivity contribution in [2.45, 2.75) is 32.8 Å². The molecule has 2 aliphatic carbocycles. The summed E-state index contributed by atoms with van der Waals surface area (Å²) in [5, 5.41) is 3.08. The molecule has 1 aromatic rings. The summed E-state index contributed by atoms with van der Waals surface area (Å²) in [4.78, 5) is 12.3. The Kier molecular flexibility index (Phi) is 3.56. The van der Waals surface area contributed by atoms with Crippen LogP contribution in [0.5, 0.6) is 0 Å². The number of hydrogen-bond acceptors (Lipinski definition) is 2. The standard InChI is InChI=1S/C16H21NO2/c1-2-19-10-11-5-3-4-6-15(11)17-16(18)14-8-12-7-13(12)9-14/h3-6,12-14H,2,7-10H2,1H3,(H,17,18). The fraction of sp³-hybridized carbons (Fsp3) is 0.562. The molecule has 1 amide bonds. The van der Waals surface area contributed by atoms with Crippen molar-refractivity contribution in [3.05, 3.63) is 29.8 Å². The minimum atomic E-state index is 0.191. The number of rotatable bonds is 5. The first-order valence-electron chi connectivity index (χ1n) is 7.24. The molecule has 0 spiro atoms. The van der Waals surface area contributed by atoms with Gasteiger partial charge in [0.25, 0.3) is 0 Å². The highest BCUT2D eigenvalue weighted by molar-refractivity contribution is 5.93. The molecule has 0 aromatic heterocycles. The number of para-hydroxylation sites is 1. The fourth-order valence-electron chi connectivity index (χ4n) is 3.14. The molecule has 0 heterocycles. The van der Waals surface area contributed by atoms with E-state index in [1.165, 1.54) is 6.42 Å². The van der Waals surface area contributed by atoms with Gasteiger partial charge in [0.2, 0.25) is 5.91 Å². The van der Waals surface area contributed by atoms with Gasteiger partial charge in [0.05, 0.1) is 6.61 Å². The Morgan fingerprint density at radius 1 is 1.26 bits per heavy atom. The van der Waals surface area contributed by atoms with E-state index in [-0.39, 0.29) is 11.8 Å². The number of anilines is 1. The van der Waals surface area contributed by atoms with Crippen molar-refractivity contribution in [3.8, 4) is 0 Å². The number of nitrogens with one attached hydrogen (secondary N) is 1. The highest BCUT2D eigenvalue weighted by atomic mass is 16.5. The maximum atomic E-state index is 12.3. The third-order valence-corrected chi connectivity index (χ3v) is 4.35. The molecule has 2 fully saturated rings. The molecule has 1 aromatic carbocycles. The summed E-state index contributed by atoms with van der Waals surface area (Å²) < 4.78 is 5.44. The van der Waals surface area contributed by atoms with Crippen LogP contribution in [-0.2, 0) is 16.1 Å². The van der Waals surface area contributed by atoms with Gasteiger partial charge in [0.1, 0.15) is 0 Å². The van der Waals surface area contributed by atoms with Crippen LogP contribution in [0.4, 0.5) is 5.69 Å². The zero-order valence-electron chi connectivity index (χ0n) is 11.4. The van der Waals surface area contributed by atoms with Crippen LogP contribution in [0.25, 0.3) is 0 Å². The van der Waals surface area contributed by atoms with Gasteiger partial charge in [0.15, 0.2) is 0 Å². The predicted octanol–water partition coefficient (Wildman–Crippen LogP) is 3.21. The molecule has 0 saturated heterocycles. The fourth-order valence-corrected chi connectivity index (χ4v) is 3.14. The quantitative estimate of drug-likeness (QED) is 0.881. The number of fused-ring (bicyclic) bond motifs is 1. The van der Waals surface area contributed by atoms with Gasteiger partial charge >= 0.3 is 0 Å². The lowest BCUT2D eigenvalue weighted by Gasteiger charge is -2.15. The Labute approximate surface area is 114 Å². The highest BCUT2D eigenvalue weighted by Gasteiger charge is 2.47. The number of hydrogen-bond donors (Lipinski definition) is 1. The molecule has 1 N–H and O–H groups in total. The first-order valence-corrected chi connectivity index (χ1v) is 7.24. The van der Waals surface area contributed by atoms with Gasteiger partial charge in [-0.05, 0) is 44.1 Å². The number of ether oxygens (including phenoxy) is 1. The largest absolute Gasteiger partial charge is 0.377 e. The second kappa shape index (κ2) is 5.33. The minimum absolute atomic E-state index is 0.191. The molecule has 3 nitrogen and oxygen atoms in total. The maximum Gasteiger partial charge on any atom is 0.227 e. The van der Waals surface area contributed by atoms with E-state index in [4.69, 9.17) is 4.74 Å². The van der Waals surface area contributed by atoms with Gasteiger partial charge in [-0.2, -0.15) is 0 Å². The van der Waals surface area contributed by atoms with E-state index in [1.807, 2.05) is 31.2 Å². The zero-order chi connectivity index (χ0) is 13.2. The highest BCUT2D eigenvalue weighted by Crippen LogP contribution is 2.54. The van der Waals surface area contributed by atoms with E-state index < -0.39 is 0 Å². The summed E-state index contributed by atoms with van der Waals surface area (Å²) in [6, 6.07) is 7.91. The Morgan fingerprint density at radius 2 is 2.00 bits per heavy atom. The molecule has 102 valence electrons. The van der Waals surface area contributed by atoms with E-state index >= 15 is 0 Å². The molecule has 2 saturated carbocycles. The Bertz CT molecular complexity index is 462. The third kappa shape index (κ3) is 2.81. The molecule has 0 radical (unpaired) electrons. The van der Waals surface area contributed by atoms with E-state index in [2.05, 4.69) is 5.32 Å². The Balaban J connectivity index is 1.63. The average molecular weight is 259 g/mol. The van der Waals surface area contributed by atoms with Crippen molar-refractivity contribution < 1.29 is 9.53 Å². The van der Waals surface area contributed by atoms with E-state index in [0.29, 0.717) is 13.2 Å². The summed E-state index contributed by atoms with van der Waals surface area (Å²) in [6.07, 6.45) is 3.53. The smallest absolute Gasteiger partial charge is 0.227 e. The van der Waals surface area contributed by atoms with Crippen LogP contribution in [0.2, 0.25) is 0 Å². The Morgan fingerprint density at radius 3 is 2.74 bits per heavy atom. The number of amides is 1. The maximum absolute atomic E-state index is 12.3. The second-order valence-corrected chi connectivity index (χ2v) is 5.71. The van der Waals surface area contributed by atoms with Crippen LogP contribution >= 0.6 is 0 Å². The molecule has 19 heavy (non-hydrogen) atoms. The Hall–Kier alpha value is -1.35. The van der Waals surface area contributed by atoms with Gasteiger partial charge in [0, 0.05) is 23.8 Å². The normalized spacial score (nSPS) is 27.9. The van der Waals surface area contributed by atoms with Crippen molar-refractivity contribution in [3.63, 3.8) is 0 Å². The van der Waals surface area contributed by atoms with Crippen molar-refractivity contribution in [2.24, 2.45) is 17.8 Å². The first-order chi connectivity index (χ1) is 9.28. The van der Waals surface area contributed by atoms with Gasteiger partial charge in [-0.1, -0.05) is 18.2 Å². The van der Waals surface area contributed by atoms with Crippen molar-refractivity contribution in [1.29, 1.82) is 0 Å². The van der Waals surface area contributed by atoms with Crippen LogP contribution in [0, 0.1) is 17.8 Å². The molecule has 2 aliphatic rings. The minimum Gasteiger partial charge on any atom is -0.377 e. The van der Waals surface area contributed by atoms with Gasteiger partial charge in [-0.25, -0.2) is 0 Å². The summed E-state index contributed by atoms with van der Waals surface area (Å²) in [7, 11) is 0. The monoisotopic (exact) mass is 259 g/mol. The van der Waals surface area contributed by atoms with Gasteiger partial charge in [-0.3, -0.25) is 4.79 Å². The summed E-state index contributed by atoms with van der Waals surface area (Å²) >= 11 is 0. The van der Waals surface area contributed by atoms with Gasteiger partial charge < -0.3 is 10.1 Å². The average Bonchev–Trinajstić information content (AvgIpc) is 3.04. The van der Waals surface area contributed by atoms with Crippen molar-refractivity contribution >= 4 is 11.6 Å². The number of carbonyl (C=O) groups is 1. The molecular formula is C16H21NO2. The van der Waals surface area contributed by atoms with Crippen LogP contribution in [0.1, 0.15) is 31.7 Å². The summed E-state index contributed by atoms with van der Waals surface area (Å²) in [5.74, 6) is 2.10. The molecule has 0 aliphatic heterocycles. The molecular weight excluding hydrogens is 238 g/mol. The van der Waals surface area contributed by atoms with Crippen molar-refractivity contribution in [1.82, 2.24) is 0 Å². The molecule has 2 atom stereocenters. The summed E-state index contributed by atoms with van der Waals surface area (Å²) in [6.45, 7) is 3.23. The zero-order valence-corrected chi connectivity index (χ0v) is 11.4. The lowest BCUT2D eigenvalue weighted by atomic mass is 10.0. The van der Waals surface area contributed by atoms with Crippen LogP contribution in [0.15, 0.2) is 24.3 Å². The SMILES string of the molecule is CCOCc1ccccc1NC(=O)C1CC2CC2C1. The molecule has 0 bridgehead atoms. The van der Waals surface area contributed by atoms with Crippen LogP contribution in [0.3, 0.4) is 0 Å². The van der Waals surface area contributed by atoms with E-state index in [0.717, 1.165) is 35.9 Å². The predicted molar refractivity (Wildman–Crippen MR) is 74.7 cm³/mol. The number of benzene rings is 1. The van der Waals surface area contributed by atoms with E-state index in [9.17, 15) is 4.79 Å². The topological polar surface area (TPSA) is 38.3 Å². The molecule has 3 heteroatoms. The van der Waals surface area contributed by atoms with Gasteiger partial charge in [-0.15, -0.1) is 0 Å². The van der Waals surface area contributed by atoms with Crippen LogP contribution in [-0.4, -0.2) is 12.5 Å².